The minimum absolute atomic E-state index is 0.339. The molecule has 1 heterocycles. The number of hydrogen-bond donors (Lipinski definition) is 2. The summed E-state index contributed by atoms with van der Waals surface area (Å²) in [6, 6.07) is 1.66. The van der Waals surface area contributed by atoms with Gasteiger partial charge in [0.05, 0.1) is 5.59 Å². The molecule has 2 N–H and O–H groups in total. The number of hydrogen-bond acceptors (Lipinski definition) is 3. The maximum atomic E-state index is 8.92. The minimum Gasteiger partial charge on any atom is -0.422 e. The minimum atomic E-state index is -1.45. The third kappa shape index (κ3) is 2.82. The fourth-order valence-electron chi connectivity index (χ4n) is 2.25. The number of nitrogens with zero attached hydrogens (tertiary/aromatic N) is 2. The van der Waals surface area contributed by atoms with Crippen LogP contribution >= 0.6 is 0 Å². The Hall–Kier alpha value is -0.805. The lowest BCUT2D eigenvalue weighted by atomic mass is 9.87. The van der Waals surface area contributed by atoms with E-state index in [0.717, 1.165) is 6.54 Å². The molecule has 2 rings (SSSR count). The van der Waals surface area contributed by atoms with Crippen molar-refractivity contribution in [2.24, 2.45) is 5.92 Å². The van der Waals surface area contributed by atoms with E-state index in [9.17, 15) is 0 Å². The zero-order chi connectivity index (χ0) is 10.7. The first kappa shape index (κ1) is 10.7. The molecule has 5 heteroatoms. The van der Waals surface area contributed by atoms with Crippen LogP contribution in [0.4, 0.5) is 0 Å². The first-order chi connectivity index (χ1) is 7.25. The van der Waals surface area contributed by atoms with Gasteiger partial charge in [0.15, 0.2) is 0 Å². The lowest BCUT2D eigenvalue weighted by molar-refractivity contribution is 0.308. The molecule has 1 aromatic heterocycles. The van der Waals surface area contributed by atoms with Crippen molar-refractivity contribution in [3.63, 3.8) is 0 Å². The molecule has 0 saturated heterocycles. The van der Waals surface area contributed by atoms with E-state index in [2.05, 4.69) is 5.10 Å². The average molecular weight is 208 g/mol. The van der Waals surface area contributed by atoms with Gasteiger partial charge in [-0.1, -0.05) is 19.3 Å². The van der Waals surface area contributed by atoms with Crippen molar-refractivity contribution in [2.45, 2.75) is 38.6 Å². The van der Waals surface area contributed by atoms with E-state index in [-0.39, 0.29) is 0 Å². The largest absolute Gasteiger partial charge is 0.510 e. The molecule has 1 aliphatic carbocycles. The first-order valence-corrected chi connectivity index (χ1v) is 5.65. The highest BCUT2D eigenvalue weighted by molar-refractivity contribution is 6.57. The Kier molecular flexibility index (Phi) is 3.43. The topological polar surface area (TPSA) is 58.3 Å². The van der Waals surface area contributed by atoms with Gasteiger partial charge in [-0.15, -0.1) is 0 Å². The molecule has 1 aromatic rings. The smallest absolute Gasteiger partial charge is 0.422 e. The van der Waals surface area contributed by atoms with Crippen LogP contribution in [0.2, 0.25) is 0 Å². The van der Waals surface area contributed by atoms with Crippen LogP contribution in [-0.2, 0) is 6.54 Å². The molecule has 1 saturated carbocycles. The summed E-state index contributed by atoms with van der Waals surface area (Å²) in [7, 11) is -1.45. The Bertz CT molecular complexity index is 308. The molecule has 0 atom stereocenters. The summed E-state index contributed by atoms with van der Waals surface area (Å²) in [6.45, 7) is 0.909. The second-order valence-corrected chi connectivity index (χ2v) is 4.34. The second kappa shape index (κ2) is 4.81. The van der Waals surface area contributed by atoms with Crippen molar-refractivity contribution in [1.82, 2.24) is 9.78 Å². The predicted molar refractivity (Wildman–Crippen MR) is 58.6 cm³/mol. The van der Waals surface area contributed by atoms with Crippen LogP contribution in [0.3, 0.4) is 0 Å². The average Bonchev–Trinajstić information content (AvgIpc) is 2.68. The van der Waals surface area contributed by atoms with E-state index in [1.807, 2.05) is 10.9 Å². The van der Waals surface area contributed by atoms with Crippen LogP contribution in [-0.4, -0.2) is 26.9 Å². The van der Waals surface area contributed by atoms with Gasteiger partial charge in [0.25, 0.3) is 0 Å². The zero-order valence-corrected chi connectivity index (χ0v) is 8.84. The summed E-state index contributed by atoms with van der Waals surface area (Å²) >= 11 is 0. The number of rotatable bonds is 3. The molecule has 0 radical (unpaired) electrons. The maximum Gasteiger partial charge on any atom is 0.510 e. The molecule has 0 spiro atoms. The Morgan fingerprint density at radius 3 is 2.67 bits per heavy atom. The monoisotopic (exact) mass is 208 g/mol. The highest BCUT2D eigenvalue weighted by Crippen LogP contribution is 2.24. The summed E-state index contributed by atoms with van der Waals surface area (Å²) in [5.74, 6) is 0.710. The lowest BCUT2D eigenvalue weighted by Crippen LogP contribution is -2.32. The van der Waals surface area contributed by atoms with Crippen LogP contribution < -0.4 is 5.59 Å². The van der Waals surface area contributed by atoms with E-state index in [0.29, 0.717) is 11.5 Å². The molecule has 82 valence electrons. The molecule has 15 heavy (non-hydrogen) atoms. The van der Waals surface area contributed by atoms with Gasteiger partial charge in [0.1, 0.15) is 0 Å². The molecule has 1 aliphatic rings. The third-order valence-electron chi connectivity index (χ3n) is 3.10. The molecule has 0 unspecified atom stereocenters. The van der Waals surface area contributed by atoms with E-state index in [4.69, 9.17) is 10.0 Å². The van der Waals surface area contributed by atoms with Gasteiger partial charge in [-0.2, -0.15) is 5.10 Å². The third-order valence-corrected chi connectivity index (χ3v) is 3.10. The fourth-order valence-corrected chi connectivity index (χ4v) is 2.25. The van der Waals surface area contributed by atoms with Gasteiger partial charge in [-0.25, -0.2) is 0 Å². The van der Waals surface area contributed by atoms with Crippen LogP contribution in [0.25, 0.3) is 0 Å². The first-order valence-electron chi connectivity index (χ1n) is 5.65. The maximum absolute atomic E-state index is 8.92. The normalized spacial score (nSPS) is 18.0. The molecule has 0 bridgehead atoms. The van der Waals surface area contributed by atoms with Gasteiger partial charge in [0.2, 0.25) is 0 Å². The van der Waals surface area contributed by atoms with Crippen LogP contribution in [0, 0.1) is 5.92 Å². The predicted octanol–water partition coefficient (Wildman–Crippen LogP) is 0.143. The van der Waals surface area contributed by atoms with Gasteiger partial charge in [-0.05, 0) is 24.8 Å². The highest BCUT2D eigenvalue weighted by atomic mass is 16.4. The van der Waals surface area contributed by atoms with Gasteiger partial charge >= 0.3 is 7.12 Å². The van der Waals surface area contributed by atoms with Crippen molar-refractivity contribution in [3.8, 4) is 0 Å². The SMILES string of the molecule is OB(O)c1ccn(CC2CCCCC2)n1. The van der Waals surface area contributed by atoms with Crippen molar-refractivity contribution in [1.29, 1.82) is 0 Å². The standard InChI is InChI=1S/C10H17BN2O2/c14-11(15)10-6-7-13(12-10)8-9-4-2-1-3-5-9/h6-7,9,14-15H,1-5,8H2. The van der Waals surface area contributed by atoms with E-state index in [1.165, 1.54) is 32.1 Å². The Morgan fingerprint density at radius 2 is 2.07 bits per heavy atom. The molecule has 4 nitrogen and oxygen atoms in total. The summed E-state index contributed by atoms with van der Waals surface area (Å²) in [6.07, 6.45) is 8.37. The molecule has 0 aliphatic heterocycles. The van der Waals surface area contributed by atoms with Gasteiger partial charge < -0.3 is 10.0 Å². The van der Waals surface area contributed by atoms with E-state index < -0.39 is 7.12 Å². The van der Waals surface area contributed by atoms with Crippen LogP contribution in [0.15, 0.2) is 12.3 Å². The second-order valence-electron chi connectivity index (χ2n) is 4.34. The summed E-state index contributed by atoms with van der Waals surface area (Å²) in [5, 5.41) is 22.0. The summed E-state index contributed by atoms with van der Waals surface area (Å²) in [5.41, 5.74) is 0.339. The summed E-state index contributed by atoms with van der Waals surface area (Å²) < 4.78 is 1.82. The highest BCUT2D eigenvalue weighted by Gasteiger charge is 2.17. The molecular weight excluding hydrogens is 191 g/mol. The van der Waals surface area contributed by atoms with E-state index in [1.54, 1.807) is 6.07 Å². The van der Waals surface area contributed by atoms with Crippen molar-refractivity contribution < 1.29 is 10.0 Å². The Balaban J connectivity index is 1.91. The fraction of sp³-hybridized carbons (Fsp3) is 0.700. The van der Waals surface area contributed by atoms with E-state index >= 15 is 0 Å². The molecule has 0 aromatic carbocycles. The van der Waals surface area contributed by atoms with Crippen LogP contribution in [0.1, 0.15) is 32.1 Å². The quantitative estimate of drug-likeness (QED) is 0.695. The van der Waals surface area contributed by atoms with Crippen molar-refractivity contribution in [3.05, 3.63) is 12.3 Å². The number of aromatic nitrogens is 2. The molecule has 0 amide bonds. The van der Waals surface area contributed by atoms with Crippen molar-refractivity contribution in [2.75, 3.05) is 0 Å². The lowest BCUT2D eigenvalue weighted by Gasteiger charge is -2.21. The Morgan fingerprint density at radius 1 is 1.33 bits per heavy atom. The molecular formula is C10H17BN2O2. The van der Waals surface area contributed by atoms with Crippen LogP contribution in [0.5, 0.6) is 0 Å². The van der Waals surface area contributed by atoms with Crippen molar-refractivity contribution >= 4 is 12.7 Å². The van der Waals surface area contributed by atoms with Gasteiger partial charge in [-0.3, -0.25) is 4.68 Å². The van der Waals surface area contributed by atoms with Gasteiger partial charge in [0, 0.05) is 12.7 Å². The molecule has 1 fully saturated rings. The zero-order valence-electron chi connectivity index (χ0n) is 8.84. The summed E-state index contributed by atoms with van der Waals surface area (Å²) in [4.78, 5) is 0. The Labute approximate surface area is 90.1 Å².